The third-order valence-electron chi connectivity index (χ3n) is 1.87. The fourth-order valence-electron chi connectivity index (χ4n) is 1.18. The normalized spacial score (nSPS) is 10.6. The summed E-state index contributed by atoms with van der Waals surface area (Å²) in [4.78, 5) is 4.04. The Hall–Kier alpha value is -0.640. The molecule has 0 fully saturated rings. The van der Waals surface area contributed by atoms with Gasteiger partial charge in [-0.3, -0.25) is 0 Å². The van der Waals surface area contributed by atoms with Gasteiger partial charge in [0.05, 0.1) is 0 Å². The third kappa shape index (κ3) is 1.82. The lowest BCUT2D eigenvalue weighted by Crippen LogP contribution is -1.92. The second-order valence-electron chi connectivity index (χ2n) is 2.93. The van der Waals surface area contributed by atoms with Crippen LogP contribution in [0.15, 0.2) is 23.6 Å². The Kier molecular flexibility index (Phi) is 2.49. The Labute approximate surface area is 85.8 Å². The van der Waals surface area contributed by atoms with Gasteiger partial charge in [0.1, 0.15) is 0 Å². The monoisotopic (exact) mass is 209 g/mol. The molecule has 0 spiro atoms. The van der Waals surface area contributed by atoms with E-state index >= 15 is 0 Å². The zero-order valence-electron chi connectivity index (χ0n) is 7.41. The molecule has 0 bridgehead atoms. The molecule has 2 rings (SSSR count). The molecule has 0 amide bonds. The van der Waals surface area contributed by atoms with E-state index in [2.05, 4.69) is 30.5 Å². The first-order valence-corrected chi connectivity index (χ1v) is 5.83. The van der Waals surface area contributed by atoms with Crippen molar-refractivity contribution in [2.45, 2.75) is 13.5 Å². The molecule has 0 atom stereocenters. The van der Waals surface area contributed by atoms with Gasteiger partial charge in [-0.1, -0.05) is 0 Å². The Morgan fingerprint density at radius 2 is 2.15 bits per heavy atom. The van der Waals surface area contributed by atoms with Gasteiger partial charge < -0.3 is 5.73 Å². The molecule has 0 aromatic carbocycles. The van der Waals surface area contributed by atoms with Gasteiger partial charge in [0, 0.05) is 21.2 Å². The fraction of sp³-hybridized carbons (Fsp3) is 0.200. The highest BCUT2D eigenvalue weighted by atomic mass is 32.1. The molecule has 68 valence electrons. The molecule has 2 aromatic rings. The topological polar surface area (TPSA) is 26.0 Å². The highest BCUT2D eigenvalue weighted by Crippen LogP contribution is 2.32. The molecular weight excluding hydrogens is 198 g/mol. The van der Waals surface area contributed by atoms with E-state index in [1.54, 1.807) is 11.3 Å². The van der Waals surface area contributed by atoms with Crippen molar-refractivity contribution in [1.82, 2.24) is 0 Å². The lowest BCUT2D eigenvalue weighted by atomic mass is 10.3. The summed E-state index contributed by atoms with van der Waals surface area (Å²) in [6.07, 6.45) is 0. The first-order valence-electron chi connectivity index (χ1n) is 4.14. The van der Waals surface area contributed by atoms with E-state index in [0.717, 1.165) is 0 Å². The van der Waals surface area contributed by atoms with Crippen LogP contribution >= 0.6 is 22.7 Å². The maximum atomic E-state index is 5.56. The van der Waals surface area contributed by atoms with Crippen molar-refractivity contribution < 1.29 is 0 Å². The van der Waals surface area contributed by atoms with E-state index in [0.29, 0.717) is 6.54 Å². The second-order valence-corrected chi connectivity index (χ2v) is 5.13. The molecule has 0 aliphatic rings. The molecule has 0 aliphatic heterocycles. The van der Waals surface area contributed by atoms with Crippen LogP contribution in [0.3, 0.4) is 0 Å². The first kappa shape index (κ1) is 8.94. The van der Waals surface area contributed by atoms with Gasteiger partial charge in [0.15, 0.2) is 0 Å². The van der Waals surface area contributed by atoms with Crippen LogP contribution in [-0.4, -0.2) is 0 Å². The number of nitrogens with two attached hydrogens (primary N) is 1. The Morgan fingerprint density at radius 3 is 2.69 bits per heavy atom. The number of hydrogen-bond donors (Lipinski definition) is 1. The van der Waals surface area contributed by atoms with Gasteiger partial charge in [-0.15, -0.1) is 22.7 Å². The average Bonchev–Trinajstić information content (AvgIpc) is 2.71. The van der Waals surface area contributed by atoms with Crippen LogP contribution in [0.5, 0.6) is 0 Å². The van der Waals surface area contributed by atoms with Crippen molar-refractivity contribution in [3.63, 3.8) is 0 Å². The number of thiophene rings is 2. The van der Waals surface area contributed by atoms with Crippen LogP contribution in [-0.2, 0) is 6.54 Å². The van der Waals surface area contributed by atoms with Crippen LogP contribution in [0.4, 0.5) is 0 Å². The highest BCUT2D eigenvalue weighted by molar-refractivity contribution is 7.21. The second kappa shape index (κ2) is 3.62. The Balaban J connectivity index is 2.35. The summed E-state index contributed by atoms with van der Waals surface area (Å²) in [6, 6.07) is 6.50. The van der Waals surface area contributed by atoms with Crippen molar-refractivity contribution in [1.29, 1.82) is 0 Å². The average molecular weight is 209 g/mol. The van der Waals surface area contributed by atoms with Crippen LogP contribution in [0, 0.1) is 6.92 Å². The van der Waals surface area contributed by atoms with E-state index in [4.69, 9.17) is 5.73 Å². The molecule has 13 heavy (non-hydrogen) atoms. The SMILES string of the molecule is Cc1ccc(-c2cc(CN)cs2)s1. The minimum atomic E-state index is 0.640. The molecule has 0 saturated heterocycles. The maximum absolute atomic E-state index is 5.56. The zero-order valence-corrected chi connectivity index (χ0v) is 9.04. The summed E-state index contributed by atoms with van der Waals surface area (Å²) < 4.78 is 0. The quantitative estimate of drug-likeness (QED) is 0.807. The first-order chi connectivity index (χ1) is 6.29. The predicted octanol–water partition coefficient (Wildman–Crippen LogP) is 3.24. The fourth-order valence-corrected chi connectivity index (χ4v) is 3.07. The molecule has 2 N–H and O–H groups in total. The summed E-state index contributed by atoms with van der Waals surface area (Å²) in [5, 5.41) is 2.13. The van der Waals surface area contributed by atoms with E-state index in [-0.39, 0.29) is 0 Å². The molecule has 0 saturated carbocycles. The van der Waals surface area contributed by atoms with Gasteiger partial charge in [-0.2, -0.15) is 0 Å². The summed E-state index contributed by atoms with van der Waals surface area (Å²) in [7, 11) is 0. The van der Waals surface area contributed by atoms with Crippen molar-refractivity contribution in [3.05, 3.63) is 34.0 Å². The van der Waals surface area contributed by atoms with Gasteiger partial charge >= 0.3 is 0 Å². The lowest BCUT2D eigenvalue weighted by Gasteiger charge is -1.88. The summed E-state index contributed by atoms with van der Waals surface area (Å²) >= 11 is 3.61. The smallest absolute Gasteiger partial charge is 0.0445 e. The molecule has 0 unspecified atom stereocenters. The van der Waals surface area contributed by atoms with Gasteiger partial charge in [0.2, 0.25) is 0 Å². The van der Waals surface area contributed by atoms with E-state index in [9.17, 15) is 0 Å². The third-order valence-corrected chi connectivity index (χ3v) is 4.05. The van der Waals surface area contributed by atoms with Crippen LogP contribution in [0.1, 0.15) is 10.4 Å². The van der Waals surface area contributed by atoms with E-state index < -0.39 is 0 Å². The van der Waals surface area contributed by atoms with E-state index in [1.165, 1.54) is 20.2 Å². The maximum Gasteiger partial charge on any atom is 0.0445 e. The van der Waals surface area contributed by atoms with E-state index in [1.807, 2.05) is 11.3 Å². The minimum absolute atomic E-state index is 0.640. The Morgan fingerprint density at radius 1 is 1.31 bits per heavy atom. The molecule has 3 heteroatoms. The minimum Gasteiger partial charge on any atom is -0.326 e. The van der Waals surface area contributed by atoms with Crippen molar-refractivity contribution >= 4 is 22.7 Å². The molecule has 2 aromatic heterocycles. The molecular formula is C10H11NS2. The highest BCUT2D eigenvalue weighted by Gasteiger charge is 2.03. The van der Waals surface area contributed by atoms with Crippen LogP contribution < -0.4 is 5.73 Å². The van der Waals surface area contributed by atoms with Gasteiger partial charge in [-0.25, -0.2) is 0 Å². The molecule has 0 radical (unpaired) electrons. The van der Waals surface area contributed by atoms with Crippen molar-refractivity contribution in [3.8, 4) is 9.75 Å². The van der Waals surface area contributed by atoms with Crippen LogP contribution in [0.25, 0.3) is 9.75 Å². The zero-order chi connectivity index (χ0) is 9.26. The summed E-state index contributed by atoms with van der Waals surface area (Å²) in [5.41, 5.74) is 6.78. The van der Waals surface area contributed by atoms with Gasteiger partial charge in [-0.05, 0) is 36.1 Å². The van der Waals surface area contributed by atoms with Gasteiger partial charge in [0.25, 0.3) is 0 Å². The Bertz CT molecular complexity index is 400. The molecule has 2 heterocycles. The lowest BCUT2D eigenvalue weighted by molar-refractivity contribution is 1.08. The number of hydrogen-bond acceptors (Lipinski definition) is 3. The van der Waals surface area contributed by atoms with Crippen molar-refractivity contribution in [2.75, 3.05) is 0 Å². The molecule has 1 nitrogen and oxygen atoms in total. The predicted molar refractivity (Wildman–Crippen MR) is 60.3 cm³/mol. The largest absolute Gasteiger partial charge is 0.326 e. The number of rotatable bonds is 2. The summed E-state index contributed by atoms with van der Waals surface area (Å²) in [5.74, 6) is 0. The number of aryl methyl sites for hydroxylation is 1. The van der Waals surface area contributed by atoms with Crippen molar-refractivity contribution in [2.24, 2.45) is 5.73 Å². The molecule has 0 aliphatic carbocycles. The summed E-state index contributed by atoms with van der Waals surface area (Å²) in [6.45, 7) is 2.77. The van der Waals surface area contributed by atoms with Crippen LogP contribution in [0.2, 0.25) is 0 Å². The standard InChI is InChI=1S/C10H11NS2/c1-7-2-3-9(13-7)10-4-8(5-11)6-12-10/h2-4,6H,5,11H2,1H3.